The molecule has 0 aliphatic heterocycles. The Labute approximate surface area is 164 Å². The van der Waals surface area contributed by atoms with Gasteiger partial charge in [-0.05, 0) is 78.9 Å². The van der Waals surface area contributed by atoms with Crippen LogP contribution >= 0.6 is 22.6 Å². The topological polar surface area (TPSA) is 72.5 Å². The third-order valence-corrected chi connectivity index (χ3v) is 4.75. The van der Waals surface area contributed by atoms with Crippen molar-refractivity contribution in [3.05, 3.63) is 85.2 Å². The number of nitro benzene ring substituents is 1. The summed E-state index contributed by atoms with van der Waals surface area (Å²) in [6.07, 6.45) is 1.78. The molecule has 0 saturated heterocycles. The summed E-state index contributed by atoms with van der Waals surface area (Å²) < 4.78 is 3.22. The number of halogens is 1. The Morgan fingerprint density at radius 1 is 1.12 bits per heavy atom. The fourth-order valence-corrected chi connectivity index (χ4v) is 3.10. The maximum atomic E-state index is 10.8. The van der Waals surface area contributed by atoms with E-state index in [0.29, 0.717) is 0 Å². The molecule has 0 saturated carbocycles. The Morgan fingerprint density at radius 2 is 1.77 bits per heavy atom. The molecule has 2 aromatic carbocycles. The van der Waals surface area contributed by atoms with Crippen molar-refractivity contribution in [1.82, 2.24) is 4.57 Å². The Bertz CT molecular complexity index is 960. The molecule has 0 unspecified atom stereocenters. The van der Waals surface area contributed by atoms with Crippen LogP contribution in [0.5, 0.6) is 0 Å². The molecular formula is C19H17IN4O2. The van der Waals surface area contributed by atoms with Crippen LogP contribution in [0.25, 0.3) is 5.69 Å². The molecule has 0 aliphatic carbocycles. The number of aromatic nitrogens is 1. The van der Waals surface area contributed by atoms with Gasteiger partial charge in [0.05, 0.1) is 16.8 Å². The molecule has 3 aromatic rings. The van der Waals surface area contributed by atoms with E-state index in [4.69, 9.17) is 0 Å². The molecule has 1 N–H and O–H groups in total. The van der Waals surface area contributed by atoms with E-state index in [9.17, 15) is 10.1 Å². The minimum Gasteiger partial charge on any atom is -0.318 e. The molecule has 7 heteroatoms. The molecule has 0 fully saturated rings. The quantitative estimate of drug-likeness (QED) is 0.251. The lowest BCUT2D eigenvalue weighted by Gasteiger charge is -2.09. The van der Waals surface area contributed by atoms with Gasteiger partial charge in [-0.3, -0.25) is 15.5 Å². The molecular weight excluding hydrogens is 443 g/mol. The van der Waals surface area contributed by atoms with Crippen LogP contribution in [0.3, 0.4) is 0 Å². The Morgan fingerprint density at radius 3 is 2.38 bits per heavy atom. The van der Waals surface area contributed by atoms with Crippen LogP contribution in [0.4, 0.5) is 11.4 Å². The van der Waals surface area contributed by atoms with Crippen LogP contribution in [0.1, 0.15) is 17.0 Å². The maximum Gasteiger partial charge on any atom is 0.269 e. The molecule has 26 heavy (non-hydrogen) atoms. The maximum absolute atomic E-state index is 10.8. The van der Waals surface area contributed by atoms with Gasteiger partial charge in [0.25, 0.3) is 5.69 Å². The number of nitro groups is 1. The highest BCUT2D eigenvalue weighted by Gasteiger charge is 2.11. The summed E-state index contributed by atoms with van der Waals surface area (Å²) in [5.41, 5.74) is 7.95. The lowest BCUT2D eigenvalue weighted by molar-refractivity contribution is -0.384. The van der Waals surface area contributed by atoms with Crippen molar-refractivity contribution < 1.29 is 4.92 Å². The summed E-state index contributed by atoms with van der Waals surface area (Å²) in [4.78, 5) is 10.4. The Balaban J connectivity index is 1.82. The second-order valence-electron chi connectivity index (χ2n) is 5.81. The van der Waals surface area contributed by atoms with Gasteiger partial charge in [0.1, 0.15) is 0 Å². The largest absolute Gasteiger partial charge is 0.318 e. The van der Waals surface area contributed by atoms with Gasteiger partial charge in [-0.1, -0.05) is 0 Å². The van der Waals surface area contributed by atoms with E-state index in [2.05, 4.69) is 37.7 Å². The smallest absolute Gasteiger partial charge is 0.269 e. The third kappa shape index (κ3) is 3.93. The van der Waals surface area contributed by atoms with Gasteiger partial charge in [-0.15, -0.1) is 0 Å². The second kappa shape index (κ2) is 7.69. The SMILES string of the molecule is Cc1cc(/C=N/Nc2ccc(I)cc2)c(C)n1-c1ccc([N+](=O)[O-])cc1. The van der Waals surface area contributed by atoms with E-state index >= 15 is 0 Å². The van der Waals surface area contributed by atoms with Crippen molar-refractivity contribution in [2.24, 2.45) is 5.10 Å². The van der Waals surface area contributed by atoms with E-state index in [1.807, 2.05) is 44.2 Å². The molecule has 0 spiro atoms. The molecule has 0 amide bonds. The van der Waals surface area contributed by atoms with Crippen LogP contribution in [-0.2, 0) is 0 Å². The number of aryl methyl sites for hydroxylation is 1. The summed E-state index contributed by atoms with van der Waals surface area (Å²) >= 11 is 2.26. The fraction of sp³-hybridized carbons (Fsp3) is 0.105. The zero-order valence-electron chi connectivity index (χ0n) is 14.3. The summed E-state index contributed by atoms with van der Waals surface area (Å²) in [5.74, 6) is 0. The second-order valence-corrected chi connectivity index (χ2v) is 7.06. The minimum atomic E-state index is -0.395. The fourth-order valence-electron chi connectivity index (χ4n) is 2.74. The number of non-ortho nitro benzene ring substituents is 1. The molecule has 0 bridgehead atoms. The molecule has 3 rings (SSSR count). The third-order valence-electron chi connectivity index (χ3n) is 4.03. The number of nitrogens with zero attached hydrogens (tertiary/aromatic N) is 3. The van der Waals surface area contributed by atoms with Gasteiger partial charge in [-0.25, -0.2) is 0 Å². The first kappa shape index (κ1) is 18.1. The number of nitrogens with one attached hydrogen (secondary N) is 1. The van der Waals surface area contributed by atoms with Crippen molar-refractivity contribution in [3.63, 3.8) is 0 Å². The average molecular weight is 460 g/mol. The van der Waals surface area contributed by atoms with Crippen molar-refractivity contribution in [1.29, 1.82) is 0 Å². The predicted molar refractivity (Wildman–Crippen MR) is 112 cm³/mol. The average Bonchev–Trinajstić information content (AvgIpc) is 2.90. The zero-order chi connectivity index (χ0) is 18.7. The number of benzene rings is 2. The van der Waals surface area contributed by atoms with Crippen LogP contribution in [-0.4, -0.2) is 15.7 Å². The minimum absolute atomic E-state index is 0.0831. The number of anilines is 1. The van der Waals surface area contributed by atoms with Gasteiger partial charge < -0.3 is 4.57 Å². The number of hydrazone groups is 1. The first-order valence-electron chi connectivity index (χ1n) is 7.94. The number of rotatable bonds is 5. The van der Waals surface area contributed by atoms with Gasteiger partial charge >= 0.3 is 0 Å². The van der Waals surface area contributed by atoms with E-state index < -0.39 is 4.92 Å². The molecule has 6 nitrogen and oxygen atoms in total. The molecule has 0 atom stereocenters. The van der Waals surface area contributed by atoms with Gasteiger partial charge in [-0.2, -0.15) is 5.10 Å². The Hall–Kier alpha value is -2.68. The van der Waals surface area contributed by atoms with Crippen molar-refractivity contribution in [2.45, 2.75) is 13.8 Å². The zero-order valence-corrected chi connectivity index (χ0v) is 16.5. The van der Waals surface area contributed by atoms with E-state index in [1.165, 1.54) is 15.7 Å². The number of hydrogen-bond donors (Lipinski definition) is 1. The summed E-state index contributed by atoms with van der Waals surface area (Å²) in [6.45, 7) is 4.00. The normalized spacial score (nSPS) is 11.0. The molecule has 0 radical (unpaired) electrons. The lowest BCUT2D eigenvalue weighted by atomic mass is 10.2. The van der Waals surface area contributed by atoms with Crippen molar-refractivity contribution in [2.75, 3.05) is 5.43 Å². The monoisotopic (exact) mass is 460 g/mol. The highest BCUT2D eigenvalue weighted by atomic mass is 127. The Kier molecular flexibility index (Phi) is 5.36. The van der Waals surface area contributed by atoms with Gasteiger partial charge in [0.15, 0.2) is 0 Å². The number of hydrogen-bond acceptors (Lipinski definition) is 4. The summed E-state index contributed by atoms with van der Waals surface area (Å²) in [6, 6.07) is 16.5. The first-order chi connectivity index (χ1) is 12.5. The van der Waals surface area contributed by atoms with Crippen LogP contribution in [0, 0.1) is 27.5 Å². The highest BCUT2D eigenvalue weighted by Crippen LogP contribution is 2.22. The predicted octanol–water partition coefficient (Wildman–Crippen LogP) is 5.05. The van der Waals surface area contributed by atoms with Gasteiger partial charge in [0.2, 0.25) is 0 Å². The summed E-state index contributed by atoms with van der Waals surface area (Å²) in [5, 5.41) is 15.1. The van der Waals surface area contributed by atoms with Crippen LogP contribution < -0.4 is 5.43 Å². The van der Waals surface area contributed by atoms with Crippen LogP contribution in [0.2, 0.25) is 0 Å². The van der Waals surface area contributed by atoms with Gasteiger partial charge in [0, 0.05) is 38.3 Å². The van der Waals surface area contributed by atoms with E-state index in [0.717, 1.165) is 28.3 Å². The van der Waals surface area contributed by atoms with E-state index in [-0.39, 0.29) is 5.69 Å². The highest BCUT2D eigenvalue weighted by molar-refractivity contribution is 14.1. The first-order valence-corrected chi connectivity index (χ1v) is 9.02. The molecule has 132 valence electrons. The molecule has 1 heterocycles. The molecule has 0 aliphatic rings. The van der Waals surface area contributed by atoms with Crippen molar-refractivity contribution in [3.8, 4) is 5.69 Å². The van der Waals surface area contributed by atoms with Crippen molar-refractivity contribution >= 4 is 40.2 Å². The molecule has 1 aromatic heterocycles. The van der Waals surface area contributed by atoms with E-state index in [1.54, 1.807) is 18.3 Å². The lowest BCUT2D eigenvalue weighted by Crippen LogP contribution is -2.00. The summed E-state index contributed by atoms with van der Waals surface area (Å²) in [7, 11) is 0. The van der Waals surface area contributed by atoms with Crippen LogP contribution in [0.15, 0.2) is 59.7 Å². The standard InChI is InChI=1S/C19H17IN4O2/c1-13-11-15(12-21-22-17-5-3-16(20)4-6-17)14(2)23(13)18-7-9-19(10-8-18)24(25)26/h3-12,22H,1-2H3/b21-12+.